The van der Waals surface area contributed by atoms with E-state index in [9.17, 15) is 5.11 Å². The van der Waals surface area contributed by atoms with Gasteiger partial charge < -0.3 is 5.11 Å². The predicted octanol–water partition coefficient (Wildman–Crippen LogP) is 3.49. The van der Waals surface area contributed by atoms with Crippen LogP contribution in [0.15, 0.2) is 48.5 Å². The fourth-order valence-electron chi connectivity index (χ4n) is 3.92. The van der Waals surface area contributed by atoms with E-state index in [-0.39, 0.29) is 6.10 Å². The highest BCUT2D eigenvalue weighted by Gasteiger charge is 2.32. The molecular formula is C19H20O. The van der Waals surface area contributed by atoms with E-state index >= 15 is 0 Å². The zero-order valence-corrected chi connectivity index (χ0v) is 11.6. The van der Waals surface area contributed by atoms with Crippen LogP contribution in [0.1, 0.15) is 34.6 Å². The molecule has 0 radical (unpaired) electrons. The topological polar surface area (TPSA) is 20.2 Å². The second-order valence-corrected chi connectivity index (χ2v) is 6.34. The van der Waals surface area contributed by atoms with Gasteiger partial charge in [0.05, 0.1) is 6.10 Å². The minimum absolute atomic E-state index is 0.166. The fraction of sp³-hybridized carbons (Fsp3) is 0.368. The Bertz CT molecular complexity index is 606. The maximum absolute atomic E-state index is 10.6. The molecule has 0 fully saturated rings. The van der Waals surface area contributed by atoms with E-state index in [2.05, 4.69) is 48.5 Å². The van der Waals surface area contributed by atoms with Crippen molar-refractivity contribution in [1.29, 1.82) is 0 Å². The normalized spacial score (nSPS) is 21.9. The number of fused-ring (bicyclic) bond motifs is 2. The van der Waals surface area contributed by atoms with Gasteiger partial charge >= 0.3 is 0 Å². The van der Waals surface area contributed by atoms with Crippen LogP contribution >= 0.6 is 0 Å². The van der Waals surface area contributed by atoms with Crippen LogP contribution in [0.25, 0.3) is 0 Å². The van der Waals surface area contributed by atoms with Gasteiger partial charge in [0.1, 0.15) is 0 Å². The molecule has 0 saturated carbocycles. The van der Waals surface area contributed by atoms with Gasteiger partial charge in [-0.1, -0.05) is 48.5 Å². The van der Waals surface area contributed by atoms with E-state index in [1.165, 1.54) is 22.3 Å². The lowest BCUT2D eigenvalue weighted by Crippen LogP contribution is -2.28. The molecule has 0 bridgehead atoms. The summed E-state index contributed by atoms with van der Waals surface area (Å²) in [4.78, 5) is 0. The molecule has 0 saturated heterocycles. The summed E-state index contributed by atoms with van der Waals surface area (Å²) in [5, 5.41) is 10.6. The molecule has 0 aliphatic heterocycles. The van der Waals surface area contributed by atoms with Gasteiger partial charge in [-0.15, -0.1) is 0 Å². The summed E-state index contributed by atoms with van der Waals surface area (Å²) < 4.78 is 0. The molecule has 20 heavy (non-hydrogen) atoms. The molecule has 0 aromatic heterocycles. The molecule has 1 nitrogen and oxygen atoms in total. The molecule has 0 heterocycles. The van der Waals surface area contributed by atoms with Crippen LogP contribution in [-0.4, -0.2) is 11.2 Å². The lowest BCUT2D eigenvalue weighted by atomic mass is 9.73. The number of hydrogen-bond donors (Lipinski definition) is 1. The highest BCUT2D eigenvalue weighted by Crippen LogP contribution is 2.40. The minimum atomic E-state index is -0.166. The van der Waals surface area contributed by atoms with Crippen molar-refractivity contribution in [1.82, 2.24) is 0 Å². The van der Waals surface area contributed by atoms with Crippen molar-refractivity contribution < 1.29 is 5.11 Å². The summed E-state index contributed by atoms with van der Waals surface area (Å²) in [6, 6.07) is 17.3. The van der Waals surface area contributed by atoms with Gasteiger partial charge in [0, 0.05) is 0 Å². The molecule has 0 amide bonds. The van der Waals surface area contributed by atoms with Crippen molar-refractivity contribution in [3.05, 3.63) is 70.8 Å². The summed E-state index contributed by atoms with van der Waals surface area (Å²) in [5.74, 6) is 0.991. The Morgan fingerprint density at radius 2 is 1.45 bits per heavy atom. The van der Waals surface area contributed by atoms with Gasteiger partial charge in [-0.05, 0) is 59.8 Å². The molecule has 1 N–H and O–H groups in total. The van der Waals surface area contributed by atoms with Gasteiger partial charge in [0.2, 0.25) is 0 Å². The molecule has 2 aromatic carbocycles. The summed E-state index contributed by atoms with van der Waals surface area (Å²) >= 11 is 0. The first-order valence-electron chi connectivity index (χ1n) is 7.64. The van der Waals surface area contributed by atoms with Gasteiger partial charge in [-0.25, -0.2) is 0 Å². The first-order valence-corrected chi connectivity index (χ1v) is 7.64. The Labute approximate surface area is 120 Å². The zero-order chi connectivity index (χ0) is 13.5. The quantitative estimate of drug-likeness (QED) is 0.899. The lowest BCUT2D eigenvalue weighted by Gasteiger charge is -2.33. The largest absolute Gasteiger partial charge is 0.393 e. The Kier molecular flexibility index (Phi) is 2.89. The molecule has 102 valence electrons. The van der Waals surface area contributed by atoms with Crippen molar-refractivity contribution >= 4 is 0 Å². The van der Waals surface area contributed by atoms with Crippen molar-refractivity contribution in [2.24, 2.45) is 5.92 Å². The first kappa shape index (κ1) is 12.2. The first-order chi connectivity index (χ1) is 9.81. The third kappa shape index (κ3) is 1.97. The van der Waals surface area contributed by atoms with E-state index in [0.29, 0.717) is 11.8 Å². The van der Waals surface area contributed by atoms with Crippen LogP contribution in [0.3, 0.4) is 0 Å². The summed E-state index contributed by atoms with van der Waals surface area (Å²) in [6.07, 6.45) is 4.00. The highest BCUT2D eigenvalue weighted by atomic mass is 16.3. The monoisotopic (exact) mass is 264 g/mol. The zero-order valence-electron chi connectivity index (χ0n) is 11.6. The number of benzene rings is 2. The predicted molar refractivity (Wildman–Crippen MR) is 80.9 cm³/mol. The fourth-order valence-corrected chi connectivity index (χ4v) is 3.92. The molecule has 2 aliphatic rings. The highest BCUT2D eigenvalue weighted by molar-refractivity contribution is 5.40. The van der Waals surface area contributed by atoms with E-state index in [0.717, 1.165) is 25.7 Å². The molecule has 2 aliphatic carbocycles. The maximum atomic E-state index is 10.6. The van der Waals surface area contributed by atoms with E-state index in [1.54, 1.807) is 0 Å². The van der Waals surface area contributed by atoms with E-state index < -0.39 is 0 Å². The molecular weight excluding hydrogens is 244 g/mol. The van der Waals surface area contributed by atoms with Gasteiger partial charge in [-0.3, -0.25) is 0 Å². The van der Waals surface area contributed by atoms with Crippen molar-refractivity contribution in [2.45, 2.75) is 37.7 Å². The maximum Gasteiger partial charge on any atom is 0.0580 e. The Hall–Kier alpha value is -1.60. The average molecular weight is 264 g/mol. The van der Waals surface area contributed by atoms with Crippen LogP contribution in [0.5, 0.6) is 0 Å². The minimum Gasteiger partial charge on any atom is -0.393 e. The summed E-state index contributed by atoms with van der Waals surface area (Å²) in [7, 11) is 0. The second-order valence-electron chi connectivity index (χ2n) is 6.34. The smallest absolute Gasteiger partial charge is 0.0580 e. The summed E-state index contributed by atoms with van der Waals surface area (Å²) in [6.45, 7) is 0. The van der Waals surface area contributed by atoms with Crippen LogP contribution < -0.4 is 0 Å². The van der Waals surface area contributed by atoms with Gasteiger partial charge in [0.15, 0.2) is 0 Å². The van der Waals surface area contributed by atoms with Crippen LogP contribution in [0.2, 0.25) is 0 Å². The second kappa shape index (κ2) is 4.75. The molecule has 2 unspecified atom stereocenters. The summed E-state index contributed by atoms with van der Waals surface area (Å²) in [5.41, 5.74) is 5.80. The van der Waals surface area contributed by atoms with Gasteiger partial charge in [-0.2, -0.15) is 0 Å². The van der Waals surface area contributed by atoms with Crippen LogP contribution in [-0.2, 0) is 19.3 Å². The van der Waals surface area contributed by atoms with Gasteiger partial charge in [0.25, 0.3) is 0 Å². The number of rotatable bonds is 3. The van der Waals surface area contributed by atoms with Crippen molar-refractivity contribution in [3.8, 4) is 0 Å². The molecule has 1 heteroatoms. The number of aliphatic hydroxyl groups excluding tert-OH is 1. The SMILES string of the molecule is OC(CC1Cc2ccccc21)C1Cc2ccccc2C1. The molecule has 2 aromatic rings. The number of hydrogen-bond acceptors (Lipinski definition) is 1. The molecule has 2 atom stereocenters. The molecule has 0 spiro atoms. The van der Waals surface area contributed by atoms with E-state index in [1.807, 2.05) is 0 Å². The van der Waals surface area contributed by atoms with Crippen LogP contribution in [0.4, 0.5) is 0 Å². The Morgan fingerprint density at radius 3 is 2.10 bits per heavy atom. The lowest BCUT2D eigenvalue weighted by molar-refractivity contribution is 0.0932. The van der Waals surface area contributed by atoms with Crippen molar-refractivity contribution in [2.75, 3.05) is 0 Å². The third-order valence-corrected chi connectivity index (χ3v) is 5.11. The third-order valence-electron chi connectivity index (χ3n) is 5.11. The standard InChI is InChI=1S/C19H20O/c20-19(12-16-11-15-7-3-4-8-18(15)16)17-9-13-5-1-2-6-14(13)10-17/h1-8,16-17,19-20H,9-12H2. The number of aliphatic hydroxyl groups is 1. The Morgan fingerprint density at radius 1 is 0.850 bits per heavy atom. The Balaban J connectivity index is 1.42. The van der Waals surface area contributed by atoms with Crippen molar-refractivity contribution in [3.63, 3.8) is 0 Å². The van der Waals surface area contributed by atoms with Crippen LogP contribution in [0, 0.1) is 5.92 Å². The average Bonchev–Trinajstić information content (AvgIpc) is 2.88. The van der Waals surface area contributed by atoms with E-state index in [4.69, 9.17) is 0 Å². The molecule has 4 rings (SSSR count).